The molecule has 1 aliphatic carbocycles. The summed E-state index contributed by atoms with van der Waals surface area (Å²) in [6, 6.07) is 7.53. The summed E-state index contributed by atoms with van der Waals surface area (Å²) < 4.78 is 0. The van der Waals surface area contributed by atoms with E-state index in [1.165, 1.54) is 31.2 Å². The van der Waals surface area contributed by atoms with Crippen LogP contribution < -0.4 is 5.32 Å². The number of hydrogen-bond acceptors (Lipinski definition) is 1. The second-order valence-electron chi connectivity index (χ2n) is 5.92. The second kappa shape index (κ2) is 4.45. The van der Waals surface area contributed by atoms with E-state index in [0.717, 1.165) is 24.4 Å². The Morgan fingerprint density at radius 3 is 2.88 bits per heavy atom. The third-order valence-electron chi connectivity index (χ3n) is 4.77. The fraction of sp³-hybridized carbons (Fsp3) is 0.625. The van der Waals surface area contributed by atoms with Crippen molar-refractivity contribution < 1.29 is 0 Å². The molecule has 3 rings (SSSR count). The lowest BCUT2D eigenvalue weighted by molar-refractivity contribution is 0.322. The molecule has 92 valence electrons. The van der Waals surface area contributed by atoms with Gasteiger partial charge in [-0.25, -0.2) is 0 Å². The first-order valence-corrected chi connectivity index (χ1v) is 7.09. The van der Waals surface area contributed by atoms with E-state index in [4.69, 9.17) is 0 Å². The highest BCUT2D eigenvalue weighted by molar-refractivity contribution is 5.40. The third kappa shape index (κ3) is 1.91. The van der Waals surface area contributed by atoms with Crippen LogP contribution in [0, 0.1) is 12.8 Å². The summed E-state index contributed by atoms with van der Waals surface area (Å²) in [6.07, 6.45) is 5.58. The summed E-state index contributed by atoms with van der Waals surface area (Å²) in [5.41, 5.74) is 4.72. The van der Waals surface area contributed by atoms with E-state index in [1.54, 1.807) is 11.1 Å². The highest BCUT2D eigenvalue weighted by Gasteiger charge is 2.35. The maximum atomic E-state index is 3.77. The molecule has 1 heteroatoms. The molecule has 1 fully saturated rings. The van der Waals surface area contributed by atoms with Crippen LogP contribution in [0.3, 0.4) is 0 Å². The zero-order valence-corrected chi connectivity index (χ0v) is 11.0. The van der Waals surface area contributed by atoms with Crippen LogP contribution in [0.5, 0.6) is 0 Å². The number of fused-ring (bicyclic) bond motifs is 3. The quantitative estimate of drug-likeness (QED) is 0.714. The highest BCUT2D eigenvalue weighted by Crippen LogP contribution is 2.41. The Hall–Kier alpha value is -0.820. The van der Waals surface area contributed by atoms with E-state index in [-0.39, 0.29) is 0 Å². The van der Waals surface area contributed by atoms with Gasteiger partial charge < -0.3 is 5.32 Å². The van der Waals surface area contributed by atoms with Crippen molar-refractivity contribution in [3.63, 3.8) is 0 Å². The van der Waals surface area contributed by atoms with Gasteiger partial charge >= 0.3 is 0 Å². The van der Waals surface area contributed by atoms with Gasteiger partial charge in [0.15, 0.2) is 0 Å². The molecule has 0 spiro atoms. The van der Waals surface area contributed by atoms with Crippen LogP contribution in [-0.4, -0.2) is 6.04 Å². The molecule has 0 amide bonds. The lowest BCUT2D eigenvalue weighted by Crippen LogP contribution is -2.41. The number of nitrogens with one attached hydrogen (secondary N) is 1. The summed E-state index contributed by atoms with van der Waals surface area (Å²) in [4.78, 5) is 0. The lowest BCUT2D eigenvalue weighted by atomic mass is 9.75. The van der Waals surface area contributed by atoms with Crippen LogP contribution in [0.2, 0.25) is 0 Å². The summed E-state index contributed by atoms with van der Waals surface area (Å²) in [5.74, 6) is 1.58. The first kappa shape index (κ1) is 11.3. The summed E-state index contributed by atoms with van der Waals surface area (Å²) in [7, 11) is 0. The molecule has 3 atom stereocenters. The molecule has 0 bridgehead atoms. The maximum absolute atomic E-state index is 3.77. The highest BCUT2D eigenvalue weighted by atomic mass is 14.9. The van der Waals surface area contributed by atoms with Crippen molar-refractivity contribution in [1.82, 2.24) is 5.32 Å². The van der Waals surface area contributed by atoms with Crippen LogP contribution >= 0.6 is 0 Å². The minimum Gasteiger partial charge on any atom is -0.309 e. The molecule has 1 N–H and O–H groups in total. The van der Waals surface area contributed by atoms with Crippen LogP contribution in [0.4, 0.5) is 0 Å². The predicted octanol–water partition coefficient (Wildman–Crippen LogP) is 3.76. The van der Waals surface area contributed by atoms with Crippen LogP contribution in [0.15, 0.2) is 18.2 Å². The van der Waals surface area contributed by atoms with Gasteiger partial charge in [-0.1, -0.05) is 44.4 Å². The maximum Gasteiger partial charge on any atom is 0.0211 e. The van der Waals surface area contributed by atoms with Gasteiger partial charge in [-0.3, -0.25) is 0 Å². The molecule has 0 saturated heterocycles. The molecular weight excluding hydrogens is 206 g/mol. The average molecular weight is 229 g/mol. The average Bonchev–Trinajstić information content (AvgIpc) is 2.52. The number of aryl methyl sites for hydroxylation is 1. The molecule has 1 saturated carbocycles. The molecule has 1 nitrogen and oxygen atoms in total. The number of hydrogen-bond donors (Lipinski definition) is 1. The molecule has 0 aromatic heterocycles. The molecule has 3 unspecified atom stereocenters. The fourth-order valence-corrected chi connectivity index (χ4v) is 3.91. The monoisotopic (exact) mass is 229 g/mol. The van der Waals surface area contributed by atoms with Crippen molar-refractivity contribution in [2.75, 3.05) is 0 Å². The van der Waals surface area contributed by atoms with Crippen LogP contribution in [0.25, 0.3) is 0 Å². The predicted molar refractivity (Wildman–Crippen MR) is 72.2 cm³/mol. The minimum atomic E-state index is 0.723. The summed E-state index contributed by atoms with van der Waals surface area (Å²) in [5, 5.41) is 3.77. The van der Waals surface area contributed by atoms with Gasteiger partial charge in [0.1, 0.15) is 0 Å². The molecule has 1 aromatic rings. The Morgan fingerprint density at radius 2 is 2.00 bits per heavy atom. The first-order chi connectivity index (χ1) is 8.27. The SMILES string of the molecule is Cc1cccc2c1C1C(C)CCCCC1NC2. The van der Waals surface area contributed by atoms with Crippen molar-refractivity contribution in [1.29, 1.82) is 0 Å². The first-order valence-electron chi connectivity index (χ1n) is 7.09. The van der Waals surface area contributed by atoms with E-state index < -0.39 is 0 Å². The summed E-state index contributed by atoms with van der Waals surface area (Å²) >= 11 is 0. The lowest BCUT2D eigenvalue weighted by Gasteiger charge is -2.38. The topological polar surface area (TPSA) is 12.0 Å². The molecular formula is C16H23N. The normalized spacial score (nSPS) is 32.5. The van der Waals surface area contributed by atoms with Gasteiger partial charge in [-0.2, -0.15) is 0 Å². The molecule has 1 aliphatic heterocycles. The number of benzene rings is 1. The van der Waals surface area contributed by atoms with Gasteiger partial charge in [0, 0.05) is 18.5 Å². The largest absolute Gasteiger partial charge is 0.309 e. The number of rotatable bonds is 0. The molecule has 1 heterocycles. The third-order valence-corrected chi connectivity index (χ3v) is 4.77. The smallest absolute Gasteiger partial charge is 0.0211 e. The Morgan fingerprint density at radius 1 is 1.18 bits per heavy atom. The van der Waals surface area contributed by atoms with Crippen molar-refractivity contribution in [2.45, 2.75) is 58.0 Å². The van der Waals surface area contributed by atoms with E-state index >= 15 is 0 Å². The Kier molecular flexibility index (Phi) is 2.96. The Labute approximate surface area is 105 Å². The zero-order valence-electron chi connectivity index (χ0n) is 11.0. The summed E-state index contributed by atoms with van der Waals surface area (Å²) in [6.45, 7) is 5.82. The standard InChI is InChI=1S/C16H23N/c1-11-7-5-8-13-10-17-14-9-4-3-6-12(2)16(14)15(11)13/h5,7-8,12,14,16-17H,3-4,6,9-10H2,1-2H3. The second-order valence-corrected chi connectivity index (χ2v) is 5.92. The zero-order chi connectivity index (χ0) is 11.8. The Balaban J connectivity index is 2.06. The molecule has 0 radical (unpaired) electrons. The van der Waals surface area contributed by atoms with Gasteiger partial charge in [-0.05, 0) is 36.0 Å². The van der Waals surface area contributed by atoms with Gasteiger partial charge in [0.05, 0.1) is 0 Å². The molecule has 1 aromatic carbocycles. The molecule has 17 heavy (non-hydrogen) atoms. The van der Waals surface area contributed by atoms with Gasteiger partial charge in [-0.15, -0.1) is 0 Å². The van der Waals surface area contributed by atoms with E-state index in [2.05, 4.69) is 37.4 Å². The van der Waals surface area contributed by atoms with Gasteiger partial charge in [0.25, 0.3) is 0 Å². The minimum absolute atomic E-state index is 0.723. The Bertz CT molecular complexity index is 410. The van der Waals surface area contributed by atoms with Gasteiger partial charge in [0.2, 0.25) is 0 Å². The van der Waals surface area contributed by atoms with Crippen molar-refractivity contribution in [3.8, 4) is 0 Å². The van der Waals surface area contributed by atoms with E-state index in [1.807, 2.05) is 0 Å². The van der Waals surface area contributed by atoms with E-state index in [9.17, 15) is 0 Å². The van der Waals surface area contributed by atoms with Crippen LogP contribution in [0.1, 0.15) is 55.2 Å². The fourth-order valence-electron chi connectivity index (χ4n) is 3.91. The van der Waals surface area contributed by atoms with Crippen LogP contribution in [-0.2, 0) is 6.54 Å². The molecule has 2 aliphatic rings. The van der Waals surface area contributed by atoms with E-state index in [0.29, 0.717) is 0 Å². The van der Waals surface area contributed by atoms with Crippen molar-refractivity contribution in [2.24, 2.45) is 5.92 Å². The van der Waals surface area contributed by atoms with Crippen molar-refractivity contribution in [3.05, 3.63) is 34.9 Å². The van der Waals surface area contributed by atoms with Crippen molar-refractivity contribution >= 4 is 0 Å².